The summed E-state index contributed by atoms with van der Waals surface area (Å²) in [5.41, 5.74) is 0.292. The number of hydrogen-bond acceptors (Lipinski definition) is 7. The highest BCUT2D eigenvalue weighted by Gasteiger charge is 2.16. The lowest BCUT2D eigenvalue weighted by molar-refractivity contribution is -0.124. The molecule has 1 aromatic carbocycles. The van der Waals surface area contributed by atoms with Crippen molar-refractivity contribution in [2.24, 2.45) is 0 Å². The Morgan fingerprint density at radius 1 is 0.833 bits per heavy atom. The molecule has 8 nitrogen and oxygen atoms in total. The molecule has 30 heavy (non-hydrogen) atoms. The number of amides is 2. The van der Waals surface area contributed by atoms with Crippen LogP contribution in [0.5, 0.6) is 0 Å². The van der Waals surface area contributed by atoms with Crippen LogP contribution in [0.3, 0.4) is 0 Å². The molecule has 2 amide bonds. The summed E-state index contributed by atoms with van der Waals surface area (Å²) >= 11 is 1.21. The summed E-state index contributed by atoms with van der Waals surface area (Å²) in [4.78, 5) is 36.8. The fourth-order valence-electron chi connectivity index (χ4n) is 2.41. The molecule has 0 aliphatic rings. The first-order valence-electron chi connectivity index (χ1n) is 9.09. The lowest BCUT2D eigenvalue weighted by atomic mass is 10.2. The van der Waals surface area contributed by atoms with Gasteiger partial charge in [-0.15, -0.1) is 11.8 Å². The second-order valence-electron chi connectivity index (χ2n) is 6.07. The minimum Gasteiger partial charge on any atom is -0.467 e. The van der Waals surface area contributed by atoms with Crippen molar-refractivity contribution in [2.75, 3.05) is 12.4 Å². The van der Waals surface area contributed by atoms with E-state index in [1.54, 1.807) is 48.5 Å². The number of carbonyl (C=O) groups excluding carboxylic acids is 3. The Morgan fingerprint density at radius 2 is 1.47 bits per heavy atom. The summed E-state index contributed by atoms with van der Waals surface area (Å²) < 4.78 is 15.4. The molecule has 0 aliphatic carbocycles. The predicted molar refractivity (Wildman–Crippen MR) is 109 cm³/mol. The molecule has 0 fully saturated rings. The average Bonchev–Trinajstić information content (AvgIpc) is 3.47. The molecule has 0 unspecified atom stereocenters. The first kappa shape index (κ1) is 21.3. The molecule has 0 atom stereocenters. The van der Waals surface area contributed by atoms with Gasteiger partial charge in [0.1, 0.15) is 11.5 Å². The van der Waals surface area contributed by atoms with Crippen LogP contribution in [0, 0.1) is 0 Å². The Hall–Kier alpha value is -3.46. The Kier molecular flexibility index (Phi) is 7.73. The zero-order valence-corrected chi connectivity index (χ0v) is 16.8. The summed E-state index contributed by atoms with van der Waals surface area (Å²) in [6.07, 6.45) is 3.04. The van der Waals surface area contributed by atoms with E-state index in [0.29, 0.717) is 28.5 Å². The number of carbonyl (C=O) groups is 3. The van der Waals surface area contributed by atoms with Gasteiger partial charge in [-0.3, -0.25) is 9.59 Å². The number of hydrogen-bond donors (Lipinski definition) is 2. The van der Waals surface area contributed by atoms with Gasteiger partial charge >= 0.3 is 5.97 Å². The van der Waals surface area contributed by atoms with Crippen LogP contribution in [-0.2, 0) is 27.4 Å². The van der Waals surface area contributed by atoms with Crippen molar-refractivity contribution in [3.63, 3.8) is 0 Å². The molecule has 0 saturated carbocycles. The van der Waals surface area contributed by atoms with Gasteiger partial charge in [-0.2, -0.15) is 0 Å². The minimum atomic E-state index is -0.637. The zero-order valence-electron chi connectivity index (χ0n) is 16.0. The summed E-state index contributed by atoms with van der Waals surface area (Å²) in [7, 11) is 0. The van der Waals surface area contributed by atoms with Gasteiger partial charge in [0.2, 0.25) is 5.91 Å². The summed E-state index contributed by atoms with van der Waals surface area (Å²) in [5, 5.41) is 5.34. The molecule has 2 N–H and O–H groups in total. The number of thioether (sulfide) groups is 1. The van der Waals surface area contributed by atoms with Gasteiger partial charge < -0.3 is 24.2 Å². The molecule has 0 aliphatic heterocycles. The molecule has 0 bridgehead atoms. The third-order valence-corrected chi connectivity index (χ3v) is 4.95. The van der Waals surface area contributed by atoms with E-state index in [4.69, 9.17) is 13.6 Å². The first-order chi connectivity index (χ1) is 14.6. The van der Waals surface area contributed by atoms with Crippen LogP contribution >= 0.6 is 11.8 Å². The van der Waals surface area contributed by atoms with Crippen LogP contribution in [-0.4, -0.2) is 30.1 Å². The zero-order chi connectivity index (χ0) is 21.2. The van der Waals surface area contributed by atoms with E-state index in [-0.39, 0.29) is 18.2 Å². The van der Waals surface area contributed by atoms with E-state index >= 15 is 0 Å². The van der Waals surface area contributed by atoms with E-state index in [1.165, 1.54) is 24.3 Å². The van der Waals surface area contributed by atoms with E-state index in [1.807, 2.05) is 0 Å². The molecule has 3 aromatic rings. The second kappa shape index (κ2) is 10.9. The van der Waals surface area contributed by atoms with Gasteiger partial charge in [0.25, 0.3) is 5.91 Å². The lowest BCUT2D eigenvalue weighted by Gasteiger charge is -2.09. The number of ether oxygens (including phenoxy) is 1. The molecular formula is C21H20N2O6S. The average molecular weight is 428 g/mol. The molecule has 2 aromatic heterocycles. The molecule has 0 radical (unpaired) electrons. The Morgan fingerprint density at radius 3 is 2.10 bits per heavy atom. The van der Waals surface area contributed by atoms with Crippen LogP contribution in [0.15, 0.2) is 74.8 Å². The second-order valence-corrected chi connectivity index (χ2v) is 7.09. The topological polar surface area (TPSA) is 111 Å². The van der Waals surface area contributed by atoms with Crippen molar-refractivity contribution < 1.29 is 28.0 Å². The van der Waals surface area contributed by atoms with E-state index < -0.39 is 18.5 Å². The van der Waals surface area contributed by atoms with Gasteiger partial charge in [0, 0.05) is 4.90 Å². The summed E-state index contributed by atoms with van der Waals surface area (Å²) in [6.45, 7) is 0.0916. The lowest BCUT2D eigenvalue weighted by Crippen LogP contribution is -2.28. The normalized spacial score (nSPS) is 10.4. The first-order valence-corrected chi connectivity index (χ1v) is 10.1. The van der Waals surface area contributed by atoms with Crippen molar-refractivity contribution in [1.82, 2.24) is 10.6 Å². The minimum absolute atomic E-state index is 0.120. The molecule has 0 saturated heterocycles. The van der Waals surface area contributed by atoms with Gasteiger partial charge in [-0.25, -0.2) is 4.79 Å². The number of benzene rings is 1. The summed E-state index contributed by atoms with van der Waals surface area (Å²) in [6, 6.07) is 13.7. The number of nitrogens with one attached hydrogen (secondary N) is 2. The van der Waals surface area contributed by atoms with Gasteiger partial charge in [-0.1, -0.05) is 12.1 Å². The van der Waals surface area contributed by atoms with Crippen molar-refractivity contribution >= 4 is 29.5 Å². The van der Waals surface area contributed by atoms with Gasteiger partial charge in [0.15, 0.2) is 6.61 Å². The monoisotopic (exact) mass is 428 g/mol. The maximum absolute atomic E-state index is 12.4. The predicted octanol–water partition coefficient (Wildman–Crippen LogP) is 2.75. The molecular weight excluding hydrogens is 408 g/mol. The van der Waals surface area contributed by atoms with Crippen molar-refractivity contribution in [1.29, 1.82) is 0 Å². The van der Waals surface area contributed by atoms with Gasteiger partial charge in [-0.05, 0) is 36.4 Å². The Labute approximate surface area is 177 Å². The third-order valence-electron chi connectivity index (χ3n) is 3.88. The fraction of sp³-hybridized carbons (Fsp3) is 0.190. The standard InChI is InChI=1S/C21H20N2O6S/c24-19(22-11-15-5-3-9-27-15)13-29-21(26)17-7-1-2-8-18(17)30-14-20(25)23-12-16-6-4-10-28-16/h1-10H,11-14H2,(H,22,24)(H,23,25). The van der Waals surface area contributed by atoms with Crippen LogP contribution in [0.4, 0.5) is 0 Å². The number of rotatable bonds is 10. The molecule has 2 heterocycles. The van der Waals surface area contributed by atoms with Crippen LogP contribution in [0.25, 0.3) is 0 Å². The Balaban J connectivity index is 1.45. The van der Waals surface area contributed by atoms with Crippen LogP contribution in [0.1, 0.15) is 21.9 Å². The Bertz CT molecular complexity index is 969. The van der Waals surface area contributed by atoms with E-state index in [0.717, 1.165) is 0 Å². The SMILES string of the molecule is O=C(COC(=O)c1ccccc1SCC(=O)NCc1ccco1)NCc1ccco1. The largest absolute Gasteiger partial charge is 0.467 e. The highest BCUT2D eigenvalue weighted by atomic mass is 32.2. The van der Waals surface area contributed by atoms with Crippen LogP contribution in [0.2, 0.25) is 0 Å². The molecule has 0 spiro atoms. The van der Waals surface area contributed by atoms with E-state index in [2.05, 4.69) is 10.6 Å². The van der Waals surface area contributed by atoms with E-state index in [9.17, 15) is 14.4 Å². The highest BCUT2D eigenvalue weighted by molar-refractivity contribution is 8.00. The fourth-order valence-corrected chi connectivity index (χ4v) is 3.28. The maximum Gasteiger partial charge on any atom is 0.339 e. The molecule has 156 valence electrons. The quantitative estimate of drug-likeness (QED) is 0.377. The third kappa shape index (κ3) is 6.56. The number of esters is 1. The van der Waals surface area contributed by atoms with Gasteiger partial charge in [0.05, 0.1) is 36.9 Å². The smallest absolute Gasteiger partial charge is 0.339 e. The van der Waals surface area contributed by atoms with Crippen molar-refractivity contribution in [2.45, 2.75) is 18.0 Å². The summed E-state index contributed by atoms with van der Waals surface area (Å²) in [5.74, 6) is 0.0972. The maximum atomic E-state index is 12.4. The van der Waals surface area contributed by atoms with Crippen LogP contribution < -0.4 is 10.6 Å². The molecule has 9 heteroatoms. The highest BCUT2D eigenvalue weighted by Crippen LogP contribution is 2.23. The number of furan rings is 2. The van der Waals surface area contributed by atoms with Crippen molar-refractivity contribution in [3.8, 4) is 0 Å². The molecule has 3 rings (SSSR count). The van der Waals surface area contributed by atoms with Crippen molar-refractivity contribution in [3.05, 3.63) is 78.1 Å².